The first-order valence-electron chi connectivity index (χ1n) is 12.3. The van der Waals surface area contributed by atoms with Crippen LogP contribution in [0, 0.1) is 5.82 Å². The lowest BCUT2D eigenvalue weighted by Gasteiger charge is -2.47. The number of fused-ring (bicyclic) bond motifs is 1. The topological polar surface area (TPSA) is 18.5 Å². The van der Waals surface area contributed by atoms with Crippen LogP contribution in [0.15, 0.2) is 48.5 Å². The number of hydrogen-bond donors (Lipinski definition) is 1. The zero-order valence-electron chi connectivity index (χ0n) is 18.7. The van der Waals surface area contributed by atoms with Crippen molar-refractivity contribution in [3.63, 3.8) is 0 Å². The Balaban J connectivity index is 1.25. The Hall–Kier alpha value is -1.91. The van der Waals surface area contributed by atoms with Gasteiger partial charge in [-0.1, -0.05) is 37.1 Å². The van der Waals surface area contributed by atoms with Crippen molar-refractivity contribution in [2.75, 3.05) is 44.2 Å². The van der Waals surface area contributed by atoms with Gasteiger partial charge in [0.05, 0.1) is 0 Å². The number of piperazine rings is 1. The minimum absolute atomic E-state index is 0.156. The molecule has 2 unspecified atom stereocenters. The van der Waals surface area contributed by atoms with Gasteiger partial charge >= 0.3 is 0 Å². The van der Waals surface area contributed by atoms with Crippen molar-refractivity contribution in [1.29, 1.82) is 0 Å². The summed E-state index contributed by atoms with van der Waals surface area (Å²) in [6.45, 7) is 6.57. The summed E-state index contributed by atoms with van der Waals surface area (Å²) in [6.07, 6.45) is 9.12. The quantitative estimate of drug-likeness (QED) is 0.752. The molecule has 1 N–H and O–H groups in total. The predicted molar refractivity (Wildman–Crippen MR) is 126 cm³/mol. The Morgan fingerprint density at radius 3 is 2.55 bits per heavy atom. The van der Waals surface area contributed by atoms with Gasteiger partial charge in [0, 0.05) is 43.3 Å². The van der Waals surface area contributed by atoms with Crippen molar-refractivity contribution in [1.82, 2.24) is 10.2 Å². The van der Waals surface area contributed by atoms with Gasteiger partial charge in [0.1, 0.15) is 5.82 Å². The molecule has 2 atom stereocenters. The van der Waals surface area contributed by atoms with E-state index < -0.39 is 0 Å². The second-order valence-corrected chi connectivity index (χ2v) is 9.74. The number of benzene rings is 2. The smallest absolute Gasteiger partial charge is 0.123 e. The molecule has 31 heavy (non-hydrogen) atoms. The van der Waals surface area contributed by atoms with Gasteiger partial charge in [-0.25, -0.2) is 4.39 Å². The second kappa shape index (κ2) is 9.30. The van der Waals surface area contributed by atoms with E-state index in [0.717, 1.165) is 31.9 Å². The predicted octanol–water partition coefficient (Wildman–Crippen LogP) is 4.97. The lowest BCUT2D eigenvalue weighted by molar-refractivity contribution is 0.183. The summed E-state index contributed by atoms with van der Waals surface area (Å²) in [5.41, 5.74) is 4.61. The average molecular weight is 422 g/mol. The summed E-state index contributed by atoms with van der Waals surface area (Å²) >= 11 is 0. The van der Waals surface area contributed by atoms with Gasteiger partial charge in [-0.2, -0.15) is 0 Å². The third kappa shape index (κ3) is 4.51. The molecule has 0 bridgehead atoms. The van der Waals surface area contributed by atoms with E-state index in [1.165, 1.54) is 58.0 Å². The normalized spacial score (nSPS) is 27.1. The van der Waals surface area contributed by atoms with Crippen molar-refractivity contribution in [3.8, 4) is 0 Å². The summed E-state index contributed by atoms with van der Waals surface area (Å²) in [4.78, 5) is 5.03. The second-order valence-electron chi connectivity index (χ2n) is 9.74. The number of anilines is 1. The van der Waals surface area contributed by atoms with Crippen molar-refractivity contribution in [3.05, 3.63) is 65.5 Å². The first-order valence-corrected chi connectivity index (χ1v) is 12.3. The molecule has 3 nitrogen and oxygen atoms in total. The third-order valence-electron chi connectivity index (χ3n) is 8.01. The number of nitrogens with one attached hydrogen (secondary N) is 1. The van der Waals surface area contributed by atoms with E-state index in [0.29, 0.717) is 11.5 Å². The zero-order chi connectivity index (χ0) is 21.1. The minimum atomic E-state index is -0.156. The molecule has 5 rings (SSSR count). The van der Waals surface area contributed by atoms with Gasteiger partial charge in [0.15, 0.2) is 0 Å². The molecule has 1 aliphatic carbocycles. The van der Waals surface area contributed by atoms with Gasteiger partial charge in [0.2, 0.25) is 0 Å². The summed E-state index contributed by atoms with van der Waals surface area (Å²) in [5, 5.41) is 4.05. The highest BCUT2D eigenvalue weighted by atomic mass is 19.1. The Morgan fingerprint density at radius 2 is 1.71 bits per heavy atom. The summed E-state index contributed by atoms with van der Waals surface area (Å²) in [5.74, 6) is 0.460. The fraction of sp³-hybridized carbons (Fsp3) is 0.556. The molecule has 2 aliphatic heterocycles. The molecule has 2 aromatic rings. The monoisotopic (exact) mass is 421 g/mol. The molecule has 0 amide bonds. The Bertz CT molecular complexity index is 849. The molecule has 2 heterocycles. The number of hydrogen-bond acceptors (Lipinski definition) is 3. The molecule has 4 heteroatoms. The van der Waals surface area contributed by atoms with Crippen molar-refractivity contribution in [2.24, 2.45) is 0 Å². The Kier molecular flexibility index (Phi) is 6.29. The van der Waals surface area contributed by atoms with Crippen LogP contribution in [0.3, 0.4) is 0 Å². The van der Waals surface area contributed by atoms with Crippen molar-refractivity contribution in [2.45, 2.75) is 56.4 Å². The molecular weight excluding hydrogens is 385 g/mol. The molecule has 166 valence electrons. The number of halogens is 1. The van der Waals surface area contributed by atoms with Crippen LogP contribution < -0.4 is 10.2 Å². The van der Waals surface area contributed by atoms with E-state index in [-0.39, 0.29) is 5.82 Å². The summed E-state index contributed by atoms with van der Waals surface area (Å²) in [7, 11) is 0. The number of aryl methyl sites for hydroxylation is 1. The molecule has 1 spiro atoms. The van der Waals surface area contributed by atoms with Crippen LogP contribution in [-0.2, 0) is 6.42 Å². The van der Waals surface area contributed by atoms with E-state index in [9.17, 15) is 4.39 Å². The Morgan fingerprint density at radius 1 is 0.903 bits per heavy atom. The largest absolute Gasteiger partial charge is 0.369 e. The van der Waals surface area contributed by atoms with Gasteiger partial charge in [0.25, 0.3) is 0 Å². The van der Waals surface area contributed by atoms with Gasteiger partial charge in [-0.3, -0.25) is 4.90 Å². The highest BCUT2D eigenvalue weighted by Crippen LogP contribution is 2.45. The lowest BCUT2D eigenvalue weighted by atomic mass is 9.66. The maximum Gasteiger partial charge on any atom is 0.123 e. The highest BCUT2D eigenvalue weighted by molar-refractivity contribution is 5.46. The fourth-order valence-corrected chi connectivity index (χ4v) is 6.24. The average Bonchev–Trinajstić information content (AvgIpc) is 3.06. The van der Waals surface area contributed by atoms with Crippen LogP contribution in [0.25, 0.3) is 0 Å². The molecule has 2 saturated heterocycles. The van der Waals surface area contributed by atoms with Crippen LogP contribution in [-0.4, -0.2) is 49.7 Å². The van der Waals surface area contributed by atoms with Crippen LogP contribution in [0.2, 0.25) is 0 Å². The van der Waals surface area contributed by atoms with E-state index in [1.807, 2.05) is 12.1 Å². The minimum Gasteiger partial charge on any atom is -0.369 e. The molecule has 2 aromatic carbocycles. The molecule has 2 fully saturated rings. The standard InChI is InChI=1S/C27H36FN3/c28-23-8-10-24(11-9-23)31-20-18-30(19-21-31)17-13-26-25-7-3-2-6-22(25)12-15-27(26)14-4-1-5-16-29-27/h2-3,6-11,26,29H,1,4-5,12-21H2. The van der Waals surface area contributed by atoms with E-state index in [1.54, 1.807) is 23.3 Å². The maximum atomic E-state index is 13.2. The summed E-state index contributed by atoms with van der Waals surface area (Å²) < 4.78 is 13.2. The van der Waals surface area contributed by atoms with Crippen LogP contribution >= 0.6 is 0 Å². The van der Waals surface area contributed by atoms with Crippen molar-refractivity contribution >= 4 is 5.69 Å². The van der Waals surface area contributed by atoms with Gasteiger partial charge in [-0.15, -0.1) is 0 Å². The fourth-order valence-electron chi connectivity index (χ4n) is 6.24. The first-order chi connectivity index (χ1) is 15.2. The van der Waals surface area contributed by atoms with Crippen molar-refractivity contribution < 1.29 is 4.39 Å². The molecular formula is C27H36FN3. The maximum absolute atomic E-state index is 13.2. The lowest BCUT2D eigenvalue weighted by Crippen LogP contribution is -2.53. The molecule has 0 radical (unpaired) electrons. The van der Waals surface area contributed by atoms with Gasteiger partial charge in [-0.05, 0) is 80.6 Å². The summed E-state index contributed by atoms with van der Waals surface area (Å²) in [6, 6.07) is 16.2. The number of rotatable bonds is 4. The molecule has 0 saturated carbocycles. The third-order valence-corrected chi connectivity index (χ3v) is 8.01. The molecule has 3 aliphatic rings. The van der Waals surface area contributed by atoms with E-state index >= 15 is 0 Å². The Labute approximate surface area is 186 Å². The van der Waals surface area contributed by atoms with Gasteiger partial charge < -0.3 is 10.2 Å². The number of nitrogens with zero attached hydrogens (tertiary/aromatic N) is 2. The zero-order valence-corrected chi connectivity index (χ0v) is 18.7. The first kappa shape index (κ1) is 21.0. The van der Waals surface area contributed by atoms with E-state index in [2.05, 4.69) is 39.4 Å². The van der Waals surface area contributed by atoms with Crippen LogP contribution in [0.1, 0.15) is 55.6 Å². The SMILES string of the molecule is Fc1ccc(N2CCN(CCC3c4ccccc4CCC34CCCCCN4)CC2)cc1. The van der Waals surface area contributed by atoms with Crippen LogP contribution in [0.4, 0.5) is 10.1 Å². The molecule has 0 aromatic heterocycles. The van der Waals surface area contributed by atoms with Crippen LogP contribution in [0.5, 0.6) is 0 Å². The van der Waals surface area contributed by atoms with E-state index in [4.69, 9.17) is 0 Å². The highest BCUT2D eigenvalue weighted by Gasteiger charge is 2.42.